The average Bonchev–Trinajstić information content (AvgIpc) is 2.66. The van der Waals surface area contributed by atoms with E-state index in [4.69, 9.17) is 11.6 Å². The SMILES string of the molecule is Oc1ccc(Cl)cc1Nc1nc(NC2CCCCC2)c2ccccc2n1. The lowest BCUT2D eigenvalue weighted by molar-refractivity contribution is 0.462. The molecule has 1 heterocycles. The molecular formula is C20H21ClN4O. The maximum atomic E-state index is 10.0. The van der Waals surface area contributed by atoms with E-state index >= 15 is 0 Å². The minimum Gasteiger partial charge on any atom is -0.506 e. The fraction of sp³-hybridized carbons (Fsp3) is 0.300. The topological polar surface area (TPSA) is 70.1 Å². The normalized spacial score (nSPS) is 15.1. The number of fused-ring (bicyclic) bond motifs is 1. The Morgan fingerprint density at radius 2 is 1.81 bits per heavy atom. The Labute approximate surface area is 157 Å². The number of phenolic OH excluding ortho intramolecular Hbond substituents is 1. The first-order valence-electron chi connectivity index (χ1n) is 8.98. The highest BCUT2D eigenvalue weighted by Crippen LogP contribution is 2.31. The molecule has 0 amide bonds. The van der Waals surface area contributed by atoms with E-state index in [1.165, 1.54) is 19.3 Å². The summed E-state index contributed by atoms with van der Waals surface area (Å²) in [5.74, 6) is 1.36. The first kappa shape index (κ1) is 16.9. The number of hydrogen-bond donors (Lipinski definition) is 3. The summed E-state index contributed by atoms with van der Waals surface area (Å²) in [6.07, 6.45) is 6.14. The smallest absolute Gasteiger partial charge is 0.229 e. The molecule has 3 N–H and O–H groups in total. The lowest BCUT2D eigenvalue weighted by Gasteiger charge is -2.24. The number of aromatic hydroxyl groups is 1. The number of halogens is 1. The van der Waals surface area contributed by atoms with Crippen LogP contribution in [0, 0.1) is 0 Å². The number of nitrogens with zero attached hydrogens (tertiary/aromatic N) is 2. The molecular weight excluding hydrogens is 348 g/mol. The molecule has 1 aliphatic rings. The fourth-order valence-corrected chi connectivity index (χ4v) is 3.58. The second-order valence-electron chi connectivity index (χ2n) is 6.68. The van der Waals surface area contributed by atoms with Crippen LogP contribution in [-0.4, -0.2) is 21.1 Å². The molecule has 5 nitrogen and oxygen atoms in total. The van der Waals surface area contributed by atoms with E-state index in [1.54, 1.807) is 18.2 Å². The van der Waals surface area contributed by atoms with E-state index in [9.17, 15) is 5.11 Å². The second-order valence-corrected chi connectivity index (χ2v) is 7.12. The van der Waals surface area contributed by atoms with Gasteiger partial charge in [-0.1, -0.05) is 43.0 Å². The first-order valence-corrected chi connectivity index (χ1v) is 9.36. The van der Waals surface area contributed by atoms with Crippen LogP contribution in [0.25, 0.3) is 10.9 Å². The number of aromatic nitrogens is 2. The van der Waals surface area contributed by atoms with Crippen LogP contribution in [0.1, 0.15) is 32.1 Å². The third kappa shape index (κ3) is 3.68. The zero-order chi connectivity index (χ0) is 17.9. The average molecular weight is 369 g/mol. The summed E-state index contributed by atoms with van der Waals surface area (Å²) < 4.78 is 0. The van der Waals surface area contributed by atoms with Crippen molar-refractivity contribution in [3.05, 3.63) is 47.5 Å². The fourth-order valence-electron chi connectivity index (χ4n) is 3.41. The second kappa shape index (κ2) is 7.38. The van der Waals surface area contributed by atoms with Crippen LogP contribution in [0.15, 0.2) is 42.5 Å². The molecule has 4 rings (SSSR count). The Morgan fingerprint density at radius 3 is 2.65 bits per heavy atom. The molecule has 1 aliphatic carbocycles. The van der Waals surface area contributed by atoms with Crippen LogP contribution in [0.5, 0.6) is 5.75 Å². The van der Waals surface area contributed by atoms with Crippen molar-refractivity contribution in [3.8, 4) is 5.75 Å². The molecule has 26 heavy (non-hydrogen) atoms. The first-order chi connectivity index (χ1) is 12.7. The highest BCUT2D eigenvalue weighted by molar-refractivity contribution is 6.31. The number of para-hydroxylation sites is 1. The van der Waals surface area contributed by atoms with Crippen molar-refractivity contribution in [2.24, 2.45) is 0 Å². The number of phenols is 1. The third-order valence-electron chi connectivity index (χ3n) is 4.75. The summed E-state index contributed by atoms with van der Waals surface area (Å²) in [5, 5.41) is 18.3. The third-order valence-corrected chi connectivity index (χ3v) is 4.99. The van der Waals surface area contributed by atoms with Crippen LogP contribution in [-0.2, 0) is 0 Å². The van der Waals surface area contributed by atoms with Gasteiger partial charge in [0.1, 0.15) is 11.6 Å². The summed E-state index contributed by atoms with van der Waals surface area (Å²) in [6.45, 7) is 0. The number of rotatable bonds is 4. The molecule has 2 aromatic carbocycles. The van der Waals surface area contributed by atoms with Gasteiger partial charge in [0.15, 0.2) is 0 Å². The van der Waals surface area contributed by atoms with Crippen LogP contribution >= 0.6 is 11.6 Å². The van der Waals surface area contributed by atoms with E-state index < -0.39 is 0 Å². The Morgan fingerprint density at radius 1 is 1.00 bits per heavy atom. The van der Waals surface area contributed by atoms with Gasteiger partial charge >= 0.3 is 0 Å². The van der Waals surface area contributed by atoms with Crippen LogP contribution in [0.2, 0.25) is 5.02 Å². The monoisotopic (exact) mass is 368 g/mol. The molecule has 6 heteroatoms. The van der Waals surface area contributed by atoms with Gasteiger partial charge in [-0.25, -0.2) is 4.98 Å². The molecule has 1 saturated carbocycles. The zero-order valence-electron chi connectivity index (χ0n) is 14.4. The number of anilines is 3. The maximum Gasteiger partial charge on any atom is 0.229 e. The van der Waals surface area contributed by atoms with Gasteiger partial charge < -0.3 is 15.7 Å². The van der Waals surface area contributed by atoms with E-state index in [1.807, 2.05) is 24.3 Å². The lowest BCUT2D eigenvalue weighted by Crippen LogP contribution is -2.23. The molecule has 1 aromatic heterocycles. The van der Waals surface area contributed by atoms with Crippen molar-refractivity contribution >= 4 is 40.0 Å². The largest absolute Gasteiger partial charge is 0.506 e. The van der Waals surface area contributed by atoms with Crippen LogP contribution in [0.3, 0.4) is 0 Å². The molecule has 0 spiro atoms. The van der Waals surface area contributed by atoms with Crippen molar-refractivity contribution in [1.29, 1.82) is 0 Å². The Balaban J connectivity index is 1.69. The molecule has 0 atom stereocenters. The van der Waals surface area contributed by atoms with Crippen molar-refractivity contribution < 1.29 is 5.11 Å². The predicted octanol–water partition coefficient (Wildman–Crippen LogP) is 5.48. The van der Waals surface area contributed by atoms with E-state index in [-0.39, 0.29) is 5.75 Å². The van der Waals surface area contributed by atoms with E-state index in [0.29, 0.717) is 22.7 Å². The number of benzene rings is 2. The summed E-state index contributed by atoms with van der Waals surface area (Å²) in [7, 11) is 0. The molecule has 0 bridgehead atoms. The zero-order valence-corrected chi connectivity index (χ0v) is 15.1. The summed E-state index contributed by atoms with van der Waals surface area (Å²) in [4.78, 5) is 9.25. The highest BCUT2D eigenvalue weighted by Gasteiger charge is 2.16. The molecule has 3 aromatic rings. The molecule has 0 saturated heterocycles. The van der Waals surface area contributed by atoms with Crippen molar-refractivity contribution in [2.45, 2.75) is 38.1 Å². The quantitative estimate of drug-likeness (QED) is 0.532. The molecule has 134 valence electrons. The van der Waals surface area contributed by atoms with Gasteiger partial charge in [0.05, 0.1) is 11.2 Å². The number of nitrogens with one attached hydrogen (secondary N) is 2. The minimum absolute atomic E-state index is 0.105. The van der Waals surface area contributed by atoms with Gasteiger partial charge in [-0.2, -0.15) is 4.98 Å². The molecule has 0 unspecified atom stereocenters. The Kier molecular flexibility index (Phi) is 4.80. The number of hydrogen-bond acceptors (Lipinski definition) is 5. The van der Waals surface area contributed by atoms with E-state index in [2.05, 4.69) is 20.6 Å². The molecule has 1 fully saturated rings. The molecule has 0 radical (unpaired) electrons. The van der Waals surface area contributed by atoms with Gasteiger partial charge in [0.2, 0.25) is 5.95 Å². The lowest BCUT2D eigenvalue weighted by atomic mass is 9.95. The summed E-state index contributed by atoms with van der Waals surface area (Å²) >= 11 is 6.03. The van der Waals surface area contributed by atoms with Crippen molar-refractivity contribution in [3.63, 3.8) is 0 Å². The predicted molar refractivity (Wildman–Crippen MR) is 106 cm³/mol. The molecule has 0 aliphatic heterocycles. The highest BCUT2D eigenvalue weighted by atomic mass is 35.5. The van der Waals surface area contributed by atoms with Gasteiger partial charge in [-0.05, 0) is 43.2 Å². The Hall–Kier alpha value is -2.53. The minimum atomic E-state index is 0.105. The summed E-state index contributed by atoms with van der Waals surface area (Å²) in [6, 6.07) is 13.2. The van der Waals surface area contributed by atoms with E-state index in [0.717, 1.165) is 29.6 Å². The van der Waals surface area contributed by atoms with Gasteiger partial charge in [0.25, 0.3) is 0 Å². The van der Waals surface area contributed by atoms with Crippen LogP contribution in [0.4, 0.5) is 17.5 Å². The van der Waals surface area contributed by atoms with Crippen molar-refractivity contribution in [1.82, 2.24) is 9.97 Å². The van der Waals surface area contributed by atoms with Gasteiger partial charge in [-0.15, -0.1) is 0 Å². The standard InChI is InChI=1S/C20H21ClN4O/c21-13-10-11-18(26)17(12-13)24-20-23-16-9-5-4-8-15(16)19(25-20)22-14-6-2-1-3-7-14/h4-5,8-12,14,26H,1-3,6-7H2,(H2,22,23,24,25). The van der Waals surface area contributed by atoms with Gasteiger partial charge in [-0.3, -0.25) is 0 Å². The summed E-state index contributed by atoms with van der Waals surface area (Å²) in [5.41, 5.74) is 1.33. The van der Waals surface area contributed by atoms with Crippen molar-refractivity contribution in [2.75, 3.05) is 10.6 Å². The van der Waals surface area contributed by atoms with Gasteiger partial charge in [0, 0.05) is 16.5 Å². The van der Waals surface area contributed by atoms with Crippen LogP contribution < -0.4 is 10.6 Å². The Bertz CT molecular complexity index is 925. The maximum absolute atomic E-state index is 10.0.